The molecule has 11 atom stereocenters. The molecule has 4 rings (SSSR count). The quantitative estimate of drug-likeness (QED) is 0.0720. The number of H-pyrrole nitrogens is 1. The number of benzene rings is 1. The number of rotatable bonds is 23. The lowest BCUT2D eigenvalue weighted by Crippen LogP contribution is -2.62. The number of carbonyl (C=O) groups is 1. The maximum absolute atomic E-state index is 12.5. The van der Waals surface area contributed by atoms with Gasteiger partial charge in [0, 0.05) is 30.1 Å². The second-order valence-corrected chi connectivity index (χ2v) is 14.6. The Bertz CT molecular complexity index is 1340. The van der Waals surface area contributed by atoms with E-state index in [2.05, 4.69) is 10.3 Å². The molecule has 0 radical (unpaired) electrons. The van der Waals surface area contributed by atoms with Crippen molar-refractivity contribution in [2.75, 3.05) is 19.8 Å². The number of aromatic nitrogens is 1. The number of carbonyl (C=O) groups excluding carboxylic acids is 1. The first-order chi connectivity index (χ1) is 25.5. The van der Waals surface area contributed by atoms with E-state index >= 15 is 0 Å². The highest BCUT2D eigenvalue weighted by Gasteiger charge is 2.48. The maximum Gasteiger partial charge on any atom is 0.229 e. The molecule has 2 saturated heterocycles. The fourth-order valence-electron chi connectivity index (χ4n) is 6.86. The third-order valence-electron chi connectivity index (χ3n) is 10.2. The van der Waals surface area contributed by atoms with Crippen molar-refractivity contribution in [1.29, 1.82) is 0 Å². The molecule has 53 heavy (non-hydrogen) atoms. The highest BCUT2D eigenvalue weighted by molar-refractivity contribution is 5.84. The van der Waals surface area contributed by atoms with Crippen molar-refractivity contribution in [3.8, 4) is 5.75 Å². The van der Waals surface area contributed by atoms with E-state index < -0.39 is 74.6 Å². The van der Waals surface area contributed by atoms with Gasteiger partial charge < -0.3 is 70.1 Å². The zero-order chi connectivity index (χ0) is 38.3. The van der Waals surface area contributed by atoms with Gasteiger partial charge in [0.15, 0.2) is 6.29 Å². The van der Waals surface area contributed by atoms with Gasteiger partial charge in [-0.3, -0.25) is 4.79 Å². The lowest BCUT2D eigenvalue weighted by Gasteiger charge is -2.42. The first kappa shape index (κ1) is 43.3. The van der Waals surface area contributed by atoms with E-state index in [-0.39, 0.29) is 12.0 Å². The van der Waals surface area contributed by atoms with Crippen LogP contribution in [0.4, 0.5) is 0 Å². The fraction of sp³-hybridized carbons (Fsp3) is 0.763. The Morgan fingerprint density at radius 3 is 2.02 bits per heavy atom. The Labute approximate surface area is 311 Å². The van der Waals surface area contributed by atoms with E-state index in [1.165, 1.54) is 44.9 Å². The molecule has 10 N–H and O–H groups in total. The molecule has 0 aliphatic carbocycles. The van der Waals surface area contributed by atoms with E-state index in [0.29, 0.717) is 25.1 Å². The summed E-state index contributed by atoms with van der Waals surface area (Å²) in [5, 5.41) is 84.6. The molecule has 1 aromatic carbocycles. The van der Waals surface area contributed by atoms with Crippen molar-refractivity contribution < 1.29 is 64.6 Å². The summed E-state index contributed by atoms with van der Waals surface area (Å²) in [6.07, 6.45) is 1.31. The zero-order valence-corrected chi connectivity index (χ0v) is 30.8. The van der Waals surface area contributed by atoms with Gasteiger partial charge in [-0.2, -0.15) is 0 Å². The molecular formula is C38H62N2O13. The van der Waals surface area contributed by atoms with Crippen LogP contribution in [0.5, 0.6) is 5.75 Å². The average molecular weight is 755 g/mol. The monoisotopic (exact) mass is 754 g/mol. The van der Waals surface area contributed by atoms with Crippen LogP contribution in [0.15, 0.2) is 24.4 Å². The lowest BCUT2D eigenvalue weighted by atomic mass is 9.98. The number of unbranched alkanes of at least 4 members (excludes halogenated alkanes) is 10. The number of hydrogen-bond donors (Lipinski definition) is 10. The fourth-order valence-corrected chi connectivity index (χ4v) is 6.86. The van der Waals surface area contributed by atoms with E-state index in [1.54, 1.807) is 18.2 Å². The molecule has 15 heteroatoms. The van der Waals surface area contributed by atoms with Crippen LogP contribution in [0, 0.1) is 0 Å². The van der Waals surface area contributed by atoms with Gasteiger partial charge in [0.2, 0.25) is 12.2 Å². The zero-order valence-electron chi connectivity index (χ0n) is 30.8. The normalized spacial score (nSPS) is 29.7. The van der Waals surface area contributed by atoms with Gasteiger partial charge in [0.25, 0.3) is 0 Å². The van der Waals surface area contributed by atoms with Crippen molar-refractivity contribution in [1.82, 2.24) is 10.3 Å². The van der Waals surface area contributed by atoms with Gasteiger partial charge in [0.05, 0.1) is 19.3 Å². The number of amides is 1. The predicted molar refractivity (Wildman–Crippen MR) is 194 cm³/mol. The van der Waals surface area contributed by atoms with Gasteiger partial charge in [-0.05, 0) is 49.9 Å². The summed E-state index contributed by atoms with van der Waals surface area (Å²) in [6, 6.07) is 5.18. The van der Waals surface area contributed by atoms with E-state index in [1.807, 2.05) is 13.1 Å². The third-order valence-corrected chi connectivity index (χ3v) is 10.2. The molecule has 3 heterocycles. The number of aromatic amines is 1. The lowest BCUT2D eigenvalue weighted by molar-refractivity contribution is -0.323. The van der Waals surface area contributed by atoms with Crippen LogP contribution in [-0.2, 0) is 25.4 Å². The van der Waals surface area contributed by atoms with Gasteiger partial charge >= 0.3 is 0 Å². The number of nitrogens with one attached hydrogen (secondary N) is 2. The summed E-state index contributed by atoms with van der Waals surface area (Å²) >= 11 is 0. The van der Waals surface area contributed by atoms with Crippen molar-refractivity contribution in [3.63, 3.8) is 0 Å². The Morgan fingerprint density at radius 1 is 0.792 bits per heavy atom. The topological polar surface area (TPSA) is 244 Å². The third kappa shape index (κ3) is 13.1. The molecule has 15 nitrogen and oxygen atoms in total. The molecule has 2 unspecified atom stereocenters. The van der Waals surface area contributed by atoms with E-state index in [9.17, 15) is 45.6 Å². The van der Waals surface area contributed by atoms with Crippen LogP contribution in [0.3, 0.4) is 0 Å². The van der Waals surface area contributed by atoms with Gasteiger partial charge in [-0.25, -0.2) is 0 Å². The predicted octanol–water partition coefficient (Wildman–Crippen LogP) is 1.28. The number of aliphatic hydroxyl groups excluding tert-OH is 8. The molecule has 0 bridgehead atoms. The van der Waals surface area contributed by atoms with Crippen LogP contribution >= 0.6 is 0 Å². The molecule has 2 fully saturated rings. The van der Waals surface area contributed by atoms with Crippen molar-refractivity contribution in [3.05, 3.63) is 30.0 Å². The number of fused-ring (bicyclic) bond motifs is 1. The minimum absolute atomic E-state index is 0.0266. The first-order valence-electron chi connectivity index (χ1n) is 19.3. The molecule has 1 amide bonds. The van der Waals surface area contributed by atoms with E-state index in [0.717, 1.165) is 48.6 Å². The largest absolute Gasteiger partial charge is 0.462 e. The standard InChI is InChI=1S/C38H62N2O13/c1-23(42)13-11-9-7-5-3-2-4-6-8-10-12-14-30(43)39-18-17-24-20-40-27-16-15-25(19-26(24)27)51-38-36(49)34(47)32(45)29(53-38)22-50-37-35(48)33(46)31(44)28(21-41)52-37/h15-16,19-20,23,28-29,31-38,40-42,44-49H,2-14,17-18,21-22H2,1H3,(H,39,43)/t23?,28-,29-,31-,32-,33+,34+,35-,36-,37?,38-/m1/s1. The summed E-state index contributed by atoms with van der Waals surface area (Å²) < 4.78 is 22.5. The first-order valence-corrected chi connectivity index (χ1v) is 19.3. The Kier molecular flexibility index (Phi) is 18.2. The van der Waals surface area contributed by atoms with Crippen molar-refractivity contribution >= 4 is 16.8 Å². The molecule has 2 aromatic rings. The van der Waals surface area contributed by atoms with Crippen molar-refractivity contribution in [2.24, 2.45) is 0 Å². The highest BCUT2D eigenvalue weighted by Crippen LogP contribution is 2.29. The Balaban J connectivity index is 1.16. The smallest absolute Gasteiger partial charge is 0.229 e. The van der Waals surface area contributed by atoms with Crippen molar-refractivity contribution in [2.45, 2.75) is 164 Å². The Hall–Kier alpha value is -2.41. The van der Waals surface area contributed by atoms with Crippen LogP contribution in [0.25, 0.3) is 10.9 Å². The number of hydrogen-bond acceptors (Lipinski definition) is 13. The molecule has 1 aromatic heterocycles. The molecule has 0 saturated carbocycles. The molecular weight excluding hydrogens is 692 g/mol. The molecule has 302 valence electrons. The second-order valence-electron chi connectivity index (χ2n) is 14.6. The summed E-state index contributed by atoms with van der Waals surface area (Å²) in [4.78, 5) is 15.7. The SMILES string of the molecule is CC(O)CCCCCCCCCCCCCC(=O)NCCc1c[nH]c2ccc(O[C@@H]3O[C@H](COC4O[C@H](CO)[C@@H](O)[C@H](O)[C@H]4O)[C@@H](O)[C@H](O)[C@H]3O)cc12. The summed E-state index contributed by atoms with van der Waals surface area (Å²) in [5.41, 5.74) is 1.77. The Morgan fingerprint density at radius 2 is 1.38 bits per heavy atom. The summed E-state index contributed by atoms with van der Waals surface area (Å²) in [5.74, 6) is 0.339. The summed E-state index contributed by atoms with van der Waals surface area (Å²) in [7, 11) is 0. The average Bonchev–Trinajstić information content (AvgIpc) is 3.54. The maximum atomic E-state index is 12.5. The van der Waals surface area contributed by atoms with Gasteiger partial charge in [0.1, 0.15) is 54.6 Å². The molecule has 2 aliphatic heterocycles. The minimum atomic E-state index is -1.68. The van der Waals surface area contributed by atoms with Crippen LogP contribution in [0.2, 0.25) is 0 Å². The molecule has 0 spiro atoms. The van der Waals surface area contributed by atoms with Crippen LogP contribution in [-0.4, -0.2) is 139 Å². The van der Waals surface area contributed by atoms with Gasteiger partial charge in [-0.15, -0.1) is 0 Å². The highest BCUT2D eigenvalue weighted by atomic mass is 16.7. The summed E-state index contributed by atoms with van der Waals surface area (Å²) in [6.45, 7) is 1.19. The minimum Gasteiger partial charge on any atom is -0.462 e. The number of ether oxygens (including phenoxy) is 4. The van der Waals surface area contributed by atoms with Crippen LogP contribution < -0.4 is 10.1 Å². The number of aliphatic hydroxyl groups is 8. The van der Waals surface area contributed by atoms with E-state index in [4.69, 9.17) is 18.9 Å². The second kappa shape index (κ2) is 22.2. The van der Waals surface area contributed by atoms with Crippen LogP contribution in [0.1, 0.15) is 96.0 Å². The van der Waals surface area contributed by atoms with Gasteiger partial charge in [-0.1, -0.05) is 64.2 Å². The molecule has 2 aliphatic rings.